The largest absolute Gasteiger partial charge is 0.291 e. The van der Waals surface area contributed by atoms with E-state index >= 15 is 0 Å². The smallest absolute Gasteiger partial charge is 0.268 e. The van der Waals surface area contributed by atoms with Gasteiger partial charge in [0.05, 0.1) is 12.8 Å². The Kier molecular flexibility index (Phi) is 5.35. The monoisotopic (exact) mass is 400 g/mol. The van der Waals surface area contributed by atoms with Crippen molar-refractivity contribution in [2.45, 2.75) is 6.54 Å². The van der Waals surface area contributed by atoms with Crippen molar-refractivity contribution in [3.63, 3.8) is 0 Å². The summed E-state index contributed by atoms with van der Waals surface area (Å²) in [6.45, 7) is 0.561. The Balaban J connectivity index is 1.59. The first kappa shape index (κ1) is 17.0. The van der Waals surface area contributed by atoms with Crippen LogP contribution >= 0.6 is 15.9 Å². The first-order valence-electron chi connectivity index (χ1n) is 7.47. The molecule has 126 valence electrons. The zero-order valence-electron chi connectivity index (χ0n) is 13.1. The van der Waals surface area contributed by atoms with E-state index in [1.807, 2.05) is 24.3 Å². The lowest BCUT2D eigenvalue weighted by atomic mass is 10.2. The Morgan fingerprint density at radius 3 is 2.80 bits per heavy atom. The van der Waals surface area contributed by atoms with Crippen LogP contribution in [0.15, 0.2) is 70.4 Å². The van der Waals surface area contributed by atoms with Gasteiger partial charge in [-0.3, -0.25) is 9.48 Å². The highest BCUT2D eigenvalue weighted by molar-refractivity contribution is 9.10. The number of halogens is 2. The summed E-state index contributed by atoms with van der Waals surface area (Å²) in [6.07, 6.45) is 3.18. The molecule has 0 fully saturated rings. The van der Waals surface area contributed by atoms with E-state index in [9.17, 15) is 9.18 Å². The van der Waals surface area contributed by atoms with E-state index in [2.05, 4.69) is 31.6 Å². The number of rotatable bonds is 5. The van der Waals surface area contributed by atoms with Crippen molar-refractivity contribution in [3.05, 3.63) is 87.9 Å². The molecule has 3 aromatic rings. The van der Waals surface area contributed by atoms with Crippen molar-refractivity contribution in [1.82, 2.24) is 15.2 Å². The lowest BCUT2D eigenvalue weighted by Crippen LogP contribution is -2.18. The minimum Gasteiger partial charge on any atom is -0.268 e. The van der Waals surface area contributed by atoms with Crippen LogP contribution in [0.25, 0.3) is 0 Å². The van der Waals surface area contributed by atoms with Crippen molar-refractivity contribution in [1.29, 1.82) is 0 Å². The zero-order chi connectivity index (χ0) is 17.6. The van der Waals surface area contributed by atoms with Crippen LogP contribution in [0.4, 0.5) is 4.39 Å². The molecule has 0 aliphatic rings. The van der Waals surface area contributed by atoms with Gasteiger partial charge in [-0.05, 0) is 41.5 Å². The predicted molar refractivity (Wildman–Crippen MR) is 96.9 cm³/mol. The summed E-state index contributed by atoms with van der Waals surface area (Å²) in [5.74, 6) is -0.733. The van der Waals surface area contributed by atoms with Crippen molar-refractivity contribution in [3.8, 4) is 0 Å². The molecule has 7 heteroatoms. The quantitative estimate of drug-likeness (QED) is 0.525. The summed E-state index contributed by atoms with van der Waals surface area (Å²) in [4.78, 5) is 12.0. The average molecular weight is 401 g/mol. The van der Waals surface area contributed by atoms with Crippen LogP contribution in [0.1, 0.15) is 21.6 Å². The summed E-state index contributed by atoms with van der Waals surface area (Å²) >= 11 is 3.43. The minimum absolute atomic E-state index is 0.270. The number of benzene rings is 2. The number of nitrogens with one attached hydrogen (secondary N) is 1. The number of hydrazone groups is 1. The molecule has 0 spiro atoms. The van der Waals surface area contributed by atoms with E-state index in [4.69, 9.17) is 0 Å². The molecule has 5 nitrogen and oxygen atoms in total. The van der Waals surface area contributed by atoms with Gasteiger partial charge in [-0.15, -0.1) is 0 Å². The number of nitrogens with zero attached hydrogens (tertiary/aromatic N) is 3. The molecule has 2 aromatic carbocycles. The normalized spacial score (nSPS) is 11.0. The lowest BCUT2D eigenvalue weighted by molar-refractivity contribution is 0.0949. The first-order chi connectivity index (χ1) is 12.1. The fraction of sp³-hybridized carbons (Fsp3) is 0.0556. The van der Waals surface area contributed by atoms with Gasteiger partial charge in [0.15, 0.2) is 5.69 Å². The number of hydrogen-bond donors (Lipinski definition) is 1. The Bertz CT molecular complexity index is 905. The summed E-state index contributed by atoms with van der Waals surface area (Å²) < 4.78 is 15.5. The molecule has 0 aliphatic heterocycles. The van der Waals surface area contributed by atoms with E-state index in [1.165, 1.54) is 18.3 Å². The molecule has 1 N–H and O–H groups in total. The average Bonchev–Trinajstić information content (AvgIpc) is 3.05. The molecular formula is C18H14BrFN4O. The molecule has 3 rings (SSSR count). The Hall–Kier alpha value is -2.80. The molecule has 0 bridgehead atoms. The maximum atomic E-state index is 12.8. The third kappa shape index (κ3) is 4.84. The molecule has 0 saturated heterocycles. The van der Waals surface area contributed by atoms with E-state index in [0.717, 1.165) is 10.0 Å². The molecule has 0 saturated carbocycles. The van der Waals surface area contributed by atoms with Gasteiger partial charge >= 0.3 is 0 Å². The highest BCUT2D eigenvalue weighted by atomic mass is 79.9. The van der Waals surface area contributed by atoms with Crippen LogP contribution in [0.5, 0.6) is 0 Å². The highest BCUT2D eigenvalue weighted by Gasteiger charge is 2.08. The summed E-state index contributed by atoms with van der Waals surface area (Å²) in [7, 11) is 0. The molecule has 25 heavy (non-hydrogen) atoms. The molecule has 1 amide bonds. The lowest BCUT2D eigenvalue weighted by Gasteiger charge is -2.02. The molecule has 0 atom stereocenters. The standard InChI is InChI=1S/C18H14BrFN4O/c19-15-3-1-2-14(10-15)12-24-9-8-17(23-24)18(25)22-21-11-13-4-6-16(20)7-5-13/h1-11H,12H2,(H,22,25)/b21-11+. The van der Waals surface area contributed by atoms with Crippen LogP contribution in [-0.4, -0.2) is 21.9 Å². The van der Waals surface area contributed by atoms with Crippen LogP contribution in [-0.2, 0) is 6.54 Å². The Morgan fingerprint density at radius 2 is 2.04 bits per heavy atom. The fourth-order valence-corrected chi connectivity index (χ4v) is 2.61. The fourth-order valence-electron chi connectivity index (χ4n) is 2.16. The SMILES string of the molecule is O=C(N/N=C/c1ccc(F)cc1)c1ccn(Cc2cccc(Br)c2)n1. The topological polar surface area (TPSA) is 59.3 Å². The van der Waals surface area contributed by atoms with E-state index in [1.54, 1.807) is 29.1 Å². The van der Waals surface area contributed by atoms with Crippen molar-refractivity contribution in [2.75, 3.05) is 0 Å². The molecule has 0 unspecified atom stereocenters. The number of aromatic nitrogens is 2. The molecule has 0 aliphatic carbocycles. The third-order valence-corrected chi connectivity index (χ3v) is 3.85. The number of hydrogen-bond acceptors (Lipinski definition) is 3. The maximum Gasteiger partial charge on any atom is 0.291 e. The van der Waals surface area contributed by atoms with Gasteiger partial charge in [0.25, 0.3) is 5.91 Å². The van der Waals surface area contributed by atoms with Gasteiger partial charge in [0, 0.05) is 10.7 Å². The molecular weight excluding hydrogens is 387 g/mol. The van der Waals surface area contributed by atoms with Crippen LogP contribution in [0, 0.1) is 5.82 Å². The van der Waals surface area contributed by atoms with Gasteiger partial charge in [-0.1, -0.05) is 40.2 Å². The van der Waals surface area contributed by atoms with Crippen LogP contribution < -0.4 is 5.43 Å². The van der Waals surface area contributed by atoms with Crippen molar-refractivity contribution < 1.29 is 9.18 Å². The molecule has 1 aromatic heterocycles. The number of carbonyl (C=O) groups excluding carboxylic acids is 1. The predicted octanol–water partition coefficient (Wildman–Crippen LogP) is 3.60. The van der Waals surface area contributed by atoms with Gasteiger partial charge in [0.1, 0.15) is 5.82 Å². The van der Waals surface area contributed by atoms with Gasteiger partial charge in [-0.25, -0.2) is 9.82 Å². The highest BCUT2D eigenvalue weighted by Crippen LogP contribution is 2.12. The van der Waals surface area contributed by atoms with Crippen LogP contribution in [0.2, 0.25) is 0 Å². The van der Waals surface area contributed by atoms with Gasteiger partial charge < -0.3 is 0 Å². The summed E-state index contributed by atoms with van der Waals surface area (Å²) in [5, 5.41) is 8.09. The van der Waals surface area contributed by atoms with E-state index in [0.29, 0.717) is 12.1 Å². The second-order valence-electron chi connectivity index (χ2n) is 5.28. The number of carbonyl (C=O) groups is 1. The van der Waals surface area contributed by atoms with Crippen LogP contribution in [0.3, 0.4) is 0 Å². The molecule has 1 heterocycles. The van der Waals surface area contributed by atoms with E-state index < -0.39 is 5.91 Å². The third-order valence-electron chi connectivity index (χ3n) is 3.36. The second-order valence-corrected chi connectivity index (χ2v) is 6.19. The van der Waals surface area contributed by atoms with Gasteiger partial charge in [0.2, 0.25) is 0 Å². The second kappa shape index (κ2) is 7.85. The first-order valence-corrected chi connectivity index (χ1v) is 8.26. The summed E-state index contributed by atoms with van der Waals surface area (Å²) in [6, 6.07) is 15.3. The maximum absolute atomic E-state index is 12.8. The number of amides is 1. The van der Waals surface area contributed by atoms with Crippen molar-refractivity contribution in [2.24, 2.45) is 5.10 Å². The van der Waals surface area contributed by atoms with E-state index in [-0.39, 0.29) is 11.5 Å². The van der Waals surface area contributed by atoms with Crippen molar-refractivity contribution >= 4 is 28.1 Å². The minimum atomic E-state index is -0.411. The van der Waals surface area contributed by atoms with Gasteiger partial charge in [-0.2, -0.15) is 10.2 Å². The Morgan fingerprint density at radius 1 is 1.24 bits per heavy atom. The molecule has 0 radical (unpaired) electrons. The zero-order valence-corrected chi connectivity index (χ0v) is 14.6. The Labute approximate surface area is 152 Å². The summed E-state index contributed by atoms with van der Waals surface area (Å²) in [5.41, 5.74) is 4.42.